The van der Waals surface area contributed by atoms with Crippen LogP contribution in [0, 0.1) is 0 Å². The lowest BCUT2D eigenvalue weighted by atomic mass is 10.1. The molecule has 3 aromatic carbocycles. The number of rotatable bonds is 4. The van der Waals surface area contributed by atoms with E-state index in [4.69, 9.17) is 50.8 Å². The van der Waals surface area contributed by atoms with Crippen LogP contribution in [0.25, 0.3) is 34.0 Å². The van der Waals surface area contributed by atoms with Gasteiger partial charge in [0.1, 0.15) is 5.69 Å². The number of oxazole rings is 1. The van der Waals surface area contributed by atoms with Crippen LogP contribution in [0.2, 0.25) is 20.1 Å². The molecule has 0 aliphatic rings. The van der Waals surface area contributed by atoms with E-state index in [9.17, 15) is 9.90 Å². The van der Waals surface area contributed by atoms with E-state index >= 15 is 0 Å². The van der Waals surface area contributed by atoms with E-state index < -0.39 is 5.97 Å². The molecule has 1 N–H and O–H groups in total. The summed E-state index contributed by atoms with van der Waals surface area (Å²) in [5.41, 5.74) is 2.40. The van der Waals surface area contributed by atoms with Gasteiger partial charge in [0.15, 0.2) is 5.76 Å². The lowest BCUT2D eigenvalue weighted by Crippen LogP contribution is -1.95. The molecule has 0 atom stereocenters. The Morgan fingerprint density at radius 3 is 2.20 bits per heavy atom. The summed E-state index contributed by atoms with van der Waals surface area (Å²) in [6.45, 7) is 0. The van der Waals surface area contributed by atoms with Crippen LogP contribution in [0.4, 0.5) is 0 Å². The molecule has 4 aromatic rings. The van der Waals surface area contributed by atoms with Crippen LogP contribution in [0.1, 0.15) is 10.4 Å². The van der Waals surface area contributed by atoms with Gasteiger partial charge in [0.25, 0.3) is 0 Å². The van der Waals surface area contributed by atoms with Gasteiger partial charge in [-0.2, -0.15) is 0 Å². The molecule has 4 rings (SSSR count). The highest BCUT2D eigenvalue weighted by atomic mass is 35.5. The Labute approximate surface area is 191 Å². The zero-order valence-corrected chi connectivity index (χ0v) is 18.0. The molecule has 0 aliphatic carbocycles. The summed E-state index contributed by atoms with van der Waals surface area (Å²) in [6.07, 6.45) is 0. The number of hydrogen-bond acceptors (Lipinski definition) is 3. The summed E-state index contributed by atoms with van der Waals surface area (Å²) in [6, 6.07) is 16.4. The second kappa shape index (κ2) is 8.32. The van der Waals surface area contributed by atoms with Gasteiger partial charge in [-0.1, -0.05) is 58.5 Å². The van der Waals surface area contributed by atoms with Crippen LogP contribution < -0.4 is 0 Å². The summed E-state index contributed by atoms with van der Waals surface area (Å²) in [5.74, 6) is -0.395. The molecule has 0 saturated heterocycles. The Kier molecular flexibility index (Phi) is 5.76. The molecular weight excluding hydrogens is 468 g/mol. The van der Waals surface area contributed by atoms with Crippen molar-refractivity contribution in [2.24, 2.45) is 0 Å². The van der Waals surface area contributed by atoms with Gasteiger partial charge < -0.3 is 9.52 Å². The van der Waals surface area contributed by atoms with E-state index in [1.54, 1.807) is 48.5 Å². The van der Waals surface area contributed by atoms with Gasteiger partial charge in [0.05, 0.1) is 15.6 Å². The topological polar surface area (TPSA) is 63.3 Å². The van der Waals surface area contributed by atoms with Gasteiger partial charge in [-0.05, 0) is 48.5 Å². The van der Waals surface area contributed by atoms with Crippen molar-refractivity contribution in [1.29, 1.82) is 0 Å². The summed E-state index contributed by atoms with van der Waals surface area (Å²) in [4.78, 5) is 15.9. The molecule has 30 heavy (non-hydrogen) atoms. The quantitative estimate of drug-likeness (QED) is 0.322. The highest BCUT2D eigenvalue weighted by Gasteiger charge is 2.20. The van der Waals surface area contributed by atoms with Crippen molar-refractivity contribution < 1.29 is 14.3 Å². The molecule has 0 radical (unpaired) electrons. The molecule has 0 bridgehead atoms. The molecule has 0 amide bonds. The predicted molar refractivity (Wildman–Crippen MR) is 120 cm³/mol. The number of aromatic nitrogens is 1. The van der Waals surface area contributed by atoms with Crippen molar-refractivity contribution in [2.45, 2.75) is 0 Å². The van der Waals surface area contributed by atoms with Crippen LogP contribution in [0.15, 0.2) is 65.1 Å². The molecule has 1 heterocycles. The Bertz CT molecular complexity index is 1260. The third-order valence-corrected chi connectivity index (χ3v) is 5.48. The zero-order valence-electron chi connectivity index (χ0n) is 15.0. The van der Waals surface area contributed by atoms with Gasteiger partial charge in [-0.25, -0.2) is 9.78 Å². The largest absolute Gasteiger partial charge is 0.478 e. The first kappa shape index (κ1) is 20.8. The van der Waals surface area contributed by atoms with E-state index in [1.165, 1.54) is 12.1 Å². The van der Waals surface area contributed by atoms with Crippen molar-refractivity contribution >= 4 is 52.4 Å². The summed E-state index contributed by atoms with van der Waals surface area (Å²) in [5, 5.41) is 10.9. The first-order chi connectivity index (χ1) is 14.3. The average Bonchev–Trinajstić information content (AvgIpc) is 3.15. The van der Waals surface area contributed by atoms with Crippen LogP contribution >= 0.6 is 46.4 Å². The number of aromatic carboxylic acids is 1. The lowest BCUT2D eigenvalue weighted by Gasteiger charge is -2.04. The maximum Gasteiger partial charge on any atom is 0.335 e. The normalized spacial score (nSPS) is 10.9. The third kappa shape index (κ3) is 4.18. The fourth-order valence-electron chi connectivity index (χ4n) is 2.95. The Balaban J connectivity index is 1.94. The number of benzene rings is 3. The van der Waals surface area contributed by atoms with Crippen LogP contribution in [0.5, 0.6) is 0 Å². The maximum atomic E-state index is 11.3. The van der Waals surface area contributed by atoms with Gasteiger partial charge in [-0.3, -0.25) is 0 Å². The van der Waals surface area contributed by atoms with Crippen LogP contribution in [0.3, 0.4) is 0 Å². The molecule has 1 aromatic heterocycles. The van der Waals surface area contributed by atoms with Gasteiger partial charge in [0.2, 0.25) is 5.89 Å². The summed E-state index contributed by atoms with van der Waals surface area (Å²) in [7, 11) is 0. The molecule has 8 heteroatoms. The van der Waals surface area contributed by atoms with Gasteiger partial charge in [0, 0.05) is 26.7 Å². The number of carbonyl (C=O) groups is 1. The third-order valence-electron chi connectivity index (χ3n) is 4.30. The molecule has 0 fully saturated rings. The molecule has 0 aliphatic heterocycles. The van der Waals surface area contributed by atoms with E-state index in [1.807, 2.05) is 0 Å². The molecular formula is C22H11Cl4NO3. The van der Waals surface area contributed by atoms with E-state index in [2.05, 4.69) is 4.98 Å². The average molecular weight is 479 g/mol. The number of carboxylic acids is 1. The molecule has 4 nitrogen and oxygen atoms in total. The fourth-order valence-corrected chi connectivity index (χ4v) is 3.77. The number of hydrogen-bond donors (Lipinski definition) is 1. The Morgan fingerprint density at radius 2 is 1.53 bits per heavy atom. The molecule has 150 valence electrons. The Morgan fingerprint density at radius 1 is 0.800 bits per heavy atom. The van der Waals surface area contributed by atoms with Crippen molar-refractivity contribution in [1.82, 2.24) is 4.98 Å². The van der Waals surface area contributed by atoms with Crippen LogP contribution in [-0.4, -0.2) is 16.1 Å². The van der Waals surface area contributed by atoms with Gasteiger partial charge >= 0.3 is 5.97 Å². The minimum absolute atomic E-state index is 0.120. The minimum atomic E-state index is -1.05. The van der Waals surface area contributed by atoms with Crippen molar-refractivity contribution in [2.75, 3.05) is 0 Å². The van der Waals surface area contributed by atoms with Crippen molar-refractivity contribution in [3.05, 3.63) is 86.3 Å². The van der Waals surface area contributed by atoms with Crippen LogP contribution in [-0.2, 0) is 0 Å². The van der Waals surface area contributed by atoms with E-state index in [0.29, 0.717) is 48.2 Å². The number of halogens is 4. The smallest absolute Gasteiger partial charge is 0.335 e. The standard InChI is InChI=1S/C22H11Cl4NO3/c23-15-7-14(8-16(24)10-15)20-19(11-4-5-17(25)18(26)9-11)27-21(30-20)12-2-1-3-13(6-12)22(28)29/h1-10H,(H,28,29). The SMILES string of the molecule is O=C(O)c1cccc(-c2nc(-c3ccc(Cl)c(Cl)c3)c(-c3cc(Cl)cc(Cl)c3)o2)c1. The number of carboxylic acid groups (broad SMARTS) is 1. The fraction of sp³-hybridized carbons (Fsp3) is 0. The monoisotopic (exact) mass is 477 g/mol. The zero-order chi connectivity index (χ0) is 21.4. The second-order valence-corrected chi connectivity index (χ2v) is 8.06. The van der Waals surface area contributed by atoms with E-state index in [-0.39, 0.29) is 11.5 Å². The highest BCUT2D eigenvalue weighted by Crippen LogP contribution is 2.39. The lowest BCUT2D eigenvalue weighted by molar-refractivity contribution is 0.0697. The second-order valence-electron chi connectivity index (χ2n) is 6.37. The number of nitrogens with zero attached hydrogens (tertiary/aromatic N) is 1. The first-order valence-corrected chi connectivity index (χ1v) is 10.1. The first-order valence-electron chi connectivity index (χ1n) is 8.58. The van der Waals surface area contributed by atoms with Gasteiger partial charge in [-0.15, -0.1) is 0 Å². The summed E-state index contributed by atoms with van der Waals surface area (Å²) >= 11 is 24.6. The highest BCUT2D eigenvalue weighted by molar-refractivity contribution is 6.42. The molecule has 0 saturated carbocycles. The van der Waals surface area contributed by atoms with E-state index in [0.717, 1.165) is 0 Å². The Hall–Kier alpha value is -2.50. The molecule has 0 spiro atoms. The molecule has 0 unspecified atom stereocenters. The minimum Gasteiger partial charge on any atom is -0.478 e. The van der Waals surface area contributed by atoms with Crippen molar-refractivity contribution in [3.63, 3.8) is 0 Å². The van der Waals surface area contributed by atoms with Crippen molar-refractivity contribution in [3.8, 4) is 34.0 Å². The maximum absolute atomic E-state index is 11.3. The summed E-state index contributed by atoms with van der Waals surface area (Å²) < 4.78 is 6.06. The predicted octanol–water partition coefficient (Wildman–Crippen LogP) is 7.99.